The molecule has 0 aliphatic carbocycles. The molecule has 1 aliphatic heterocycles. The van der Waals surface area contributed by atoms with Crippen LogP contribution in [0.1, 0.15) is 44.9 Å². The summed E-state index contributed by atoms with van der Waals surface area (Å²) < 4.78 is 5.50. The summed E-state index contributed by atoms with van der Waals surface area (Å²) in [6, 6.07) is 14.4. The summed E-state index contributed by atoms with van der Waals surface area (Å²) in [5.41, 5.74) is 3.97. The van der Waals surface area contributed by atoms with Crippen molar-refractivity contribution < 1.29 is 14.3 Å². The number of anilines is 2. The second kappa shape index (κ2) is 11.4. The number of para-hydroxylation sites is 1. The van der Waals surface area contributed by atoms with Gasteiger partial charge in [-0.15, -0.1) is 24.8 Å². The number of aromatic amines is 1. The Hall–Kier alpha value is -3.62. The largest absolute Gasteiger partial charge is 0.496 e. The van der Waals surface area contributed by atoms with E-state index in [0.29, 0.717) is 40.4 Å². The summed E-state index contributed by atoms with van der Waals surface area (Å²) in [7, 11) is 1.49. The van der Waals surface area contributed by atoms with Crippen molar-refractivity contribution in [2.45, 2.75) is 26.2 Å². The molecular weight excluding hydrogens is 501 g/mol. The highest BCUT2D eigenvalue weighted by Crippen LogP contribution is 2.28. The van der Waals surface area contributed by atoms with Gasteiger partial charge in [0.15, 0.2) is 0 Å². The zero-order valence-electron chi connectivity index (χ0n) is 19.9. The second-order valence-corrected chi connectivity index (χ2v) is 8.29. The number of carbonyl (C=O) groups excluding carboxylic acids is 2. The van der Waals surface area contributed by atoms with Gasteiger partial charge >= 0.3 is 0 Å². The van der Waals surface area contributed by atoms with Crippen molar-refractivity contribution in [3.8, 4) is 5.75 Å². The van der Waals surface area contributed by atoms with Crippen molar-refractivity contribution in [1.29, 1.82) is 0 Å². The molecule has 8 nitrogen and oxygen atoms in total. The molecule has 36 heavy (non-hydrogen) atoms. The molecular formula is C26H27Cl2N5O3. The highest BCUT2D eigenvalue weighted by molar-refractivity contribution is 6.11. The molecule has 2 aromatic heterocycles. The third-order valence-corrected chi connectivity index (χ3v) is 6.02. The van der Waals surface area contributed by atoms with Gasteiger partial charge in [-0.3, -0.25) is 14.5 Å². The number of imidazole rings is 1. The van der Waals surface area contributed by atoms with Crippen LogP contribution in [0.2, 0.25) is 0 Å². The molecule has 4 aromatic rings. The van der Waals surface area contributed by atoms with Crippen LogP contribution in [0.4, 0.5) is 11.5 Å². The van der Waals surface area contributed by atoms with Gasteiger partial charge in [-0.05, 0) is 68.1 Å². The van der Waals surface area contributed by atoms with Crippen LogP contribution in [-0.4, -0.2) is 40.4 Å². The molecule has 0 saturated heterocycles. The first-order chi connectivity index (χ1) is 16.5. The number of pyridine rings is 1. The summed E-state index contributed by atoms with van der Waals surface area (Å²) in [4.78, 5) is 40.3. The Morgan fingerprint density at radius 3 is 2.72 bits per heavy atom. The Balaban J connectivity index is 0.00000180. The summed E-state index contributed by atoms with van der Waals surface area (Å²) in [6.07, 6.45) is 4.52. The molecule has 0 spiro atoms. The van der Waals surface area contributed by atoms with Crippen LogP contribution in [0.25, 0.3) is 11.0 Å². The van der Waals surface area contributed by atoms with E-state index in [9.17, 15) is 9.59 Å². The smallest absolute Gasteiger partial charge is 0.259 e. The predicted octanol–water partition coefficient (Wildman–Crippen LogP) is 5.35. The fourth-order valence-corrected chi connectivity index (χ4v) is 4.37. The minimum absolute atomic E-state index is 0. The molecule has 2 aromatic carbocycles. The van der Waals surface area contributed by atoms with Gasteiger partial charge in [0.2, 0.25) is 0 Å². The number of rotatable bonds is 4. The number of halogens is 2. The lowest BCUT2D eigenvalue weighted by Crippen LogP contribution is -2.32. The maximum absolute atomic E-state index is 13.4. The maximum Gasteiger partial charge on any atom is 0.259 e. The number of hydrogen-bond acceptors (Lipinski definition) is 5. The van der Waals surface area contributed by atoms with Crippen molar-refractivity contribution in [3.63, 3.8) is 0 Å². The fraction of sp³-hybridized carbons (Fsp3) is 0.231. The summed E-state index contributed by atoms with van der Waals surface area (Å²) in [5, 5.41) is 2.92. The van der Waals surface area contributed by atoms with Crippen LogP contribution in [0.15, 0.2) is 54.7 Å². The number of ether oxygens (including phenoxy) is 1. The molecule has 3 heterocycles. The summed E-state index contributed by atoms with van der Waals surface area (Å²) in [5.74, 6) is 1.29. The van der Waals surface area contributed by atoms with Gasteiger partial charge in [0.25, 0.3) is 11.8 Å². The number of hydrogen-bond donors (Lipinski definition) is 2. The molecule has 2 N–H and O–H groups in total. The van der Waals surface area contributed by atoms with Crippen molar-refractivity contribution >= 4 is 59.2 Å². The van der Waals surface area contributed by atoms with E-state index < -0.39 is 0 Å². The van der Waals surface area contributed by atoms with Crippen LogP contribution in [0, 0.1) is 6.92 Å². The lowest BCUT2D eigenvalue weighted by molar-refractivity contribution is 0.0981. The number of methoxy groups -OCH3 is 1. The van der Waals surface area contributed by atoms with E-state index in [-0.39, 0.29) is 36.6 Å². The summed E-state index contributed by atoms with van der Waals surface area (Å²) in [6.45, 7) is 2.46. The Labute approximate surface area is 221 Å². The molecule has 1 aliphatic rings. The average molecular weight is 528 g/mol. The molecule has 2 amide bonds. The topological polar surface area (TPSA) is 100 Å². The number of carbonyl (C=O) groups is 2. The van der Waals surface area contributed by atoms with Crippen molar-refractivity contribution in [1.82, 2.24) is 15.0 Å². The first-order valence-electron chi connectivity index (χ1n) is 11.3. The standard InChI is InChI=1S/C26H25N5O3.2ClH/c1-16-28-20-9-5-10-21(23(20)29-16)30-25(32)19-12-11-18(15-22(19)34-2)26(33)31-14-4-3-7-17-8-6-13-27-24(17)31;;/h5-6,8-13,15H,3-4,7,14H2,1-2H3,(H,28,29)(H,30,32);2*1H. The molecule has 5 rings (SSSR count). The van der Waals surface area contributed by atoms with E-state index >= 15 is 0 Å². The number of H-pyrrole nitrogens is 1. The van der Waals surface area contributed by atoms with Gasteiger partial charge in [0.1, 0.15) is 22.9 Å². The Kier molecular flexibility index (Phi) is 8.55. The van der Waals surface area contributed by atoms with Gasteiger partial charge in [0.05, 0.1) is 23.9 Å². The number of benzene rings is 2. The van der Waals surface area contributed by atoms with E-state index in [0.717, 1.165) is 36.2 Å². The van der Waals surface area contributed by atoms with Gasteiger partial charge in [0, 0.05) is 18.3 Å². The molecule has 0 saturated carbocycles. The molecule has 0 unspecified atom stereocenters. The monoisotopic (exact) mass is 527 g/mol. The minimum atomic E-state index is -0.342. The number of fused-ring (bicyclic) bond motifs is 2. The number of nitrogens with one attached hydrogen (secondary N) is 2. The molecule has 10 heteroatoms. The maximum atomic E-state index is 13.4. The number of nitrogens with zero attached hydrogens (tertiary/aromatic N) is 3. The lowest BCUT2D eigenvalue weighted by atomic mass is 10.1. The lowest BCUT2D eigenvalue weighted by Gasteiger charge is -2.22. The molecule has 0 fully saturated rings. The second-order valence-electron chi connectivity index (χ2n) is 8.29. The van der Waals surface area contributed by atoms with Gasteiger partial charge in [-0.25, -0.2) is 9.97 Å². The highest BCUT2D eigenvalue weighted by Gasteiger charge is 2.25. The van der Waals surface area contributed by atoms with E-state index in [1.165, 1.54) is 7.11 Å². The van der Waals surface area contributed by atoms with Gasteiger partial charge < -0.3 is 15.0 Å². The highest BCUT2D eigenvalue weighted by atomic mass is 35.5. The van der Waals surface area contributed by atoms with Crippen LogP contribution < -0.4 is 15.0 Å². The molecule has 0 bridgehead atoms. The first-order valence-corrected chi connectivity index (χ1v) is 11.3. The van der Waals surface area contributed by atoms with Gasteiger partial charge in [-0.2, -0.15) is 0 Å². The Morgan fingerprint density at radius 1 is 1.08 bits per heavy atom. The number of amides is 2. The normalized spacial score (nSPS) is 12.6. The fourth-order valence-electron chi connectivity index (χ4n) is 4.37. The van der Waals surface area contributed by atoms with E-state index in [2.05, 4.69) is 20.3 Å². The van der Waals surface area contributed by atoms with Crippen molar-refractivity contribution in [2.24, 2.45) is 0 Å². The third kappa shape index (κ3) is 5.15. The summed E-state index contributed by atoms with van der Waals surface area (Å²) >= 11 is 0. The van der Waals surface area contributed by atoms with Crippen LogP contribution in [-0.2, 0) is 6.42 Å². The predicted molar refractivity (Wildman–Crippen MR) is 145 cm³/mol. The average Bonchev–Trinajstić information content (AvgIpc) is 3.11. The molecule has 188 valence electrons. The van der Waals surface area contributed by atoms with Crippen molar-refractivity contribution in [3.05, 3.63) is 77.2 Å². The van der Waals surface area contributed by atoms with Gasteiger partial charge in [-0.1, -0.05) is 12.1 Å². The van der Waals surface area contributed by atoms with E-state index in [1.807, 2.05) is 31.2 Å². The van der Waals surface area contributed by atoms with Crippen molar-refractivity contribution in [2.75, 3.05) is 23.9 Å². The Bertz CT molecular complexity index is 1410. The molecule has 0 radical (unpaired) electrons. The minimum Gasteiger partial charge on any atom is -0.496 e. The van der Waals surface area contributed by atoms with Crippen LogP contribution in [0.5, 0.6) is 5.75 Å². The number of aromatic nitrogens is 3. The zero-order valence-corrected chi connectivity index (χ0v) is 21.5. The zero-order chi connectivity index (χ0) is 23.7. The number of aryl methyl sites for hydroxylation is 2. The Morgan fingerprint density at radius 2 is 1.92 bits per heavy atom. The van der Waals surface area contributed by atoms with E-state index in [1.54, 1.807) is 35.4 Å². The quantitative estimate of drug-likeness (QED) is 0.372. The molecule has 0 atom stereocenters. The SMILES string of the molecule is COc1cc(C(=O)N2CCCCc3cccnc32)ccc1C(=O)Nc1cccc2[nH]c(C)nc12.Cl.Cl. The van der Waals surface area contributed by atoms with Crippen LogP contribution >= 0.6 is 24.8 Å². The van der Waals surface area contributed by atoms with Crippen LogP contribution in [0.3, 0.4) is 0 Å². The third-order valence-electron chi connectivity index (χ3n) is 6.02. The van der Waals surface area contributed by atoms with E-state index in [4.69, 9.17) is 4.74 Å². The first kappa shape index (κ1) is 27.0.